The molecule has 0 aliphatic carbocycles. The molecule has 0 bridgehead atoms. The van der Waals surface area contributed by atoms with Crippen molar-refractivity contribution in [2.24, 2.45) is 0 Å². The van der Waals surface area contributed by atoms with E-state index in [0.29, 0.717) is 36.4 Å². The summed E-state index contributed by atoms with van der Waals surface area (Å²) in [5, 5.41) is 12.1. The number of nitrogens with two attached hydrogens (primary N) is 1. The van der Waals surface area contributed by atoms with Gasteiger partial charge in [0.25, 0.3) is 0 Å². The number of nitrogens with zero attached hydrogens (tertiary/aromatic N) is 3. The average Bonchev–Trinajstić information content (AvgIpc) is 3.44. The maximum Gasteiger partial charge on any atom is 0.175 e. The Balaban J connectivity index is 1.57. The molecule has 2 aromatic heterocycles. The zero-order valence-corrected chi connectivity index (χ0v) is 22.9. The summed E-state index contributed by atoms with van der Waals surface area (Å²) in [5.74, 6) is 2.24. The minimum atomic E-state index is -1.20. The third kappa shape index (κ3) is 7.20. The van der Waals surface area contributed by atoms with Crippen LogP contribution in [0, 0.1) is 12.7 Å². The molecule has 2 aromatic carbocycles. The van der Waals surface area contributed by atoms with Crippen molar-refractivity contribution in [3.8, 4) is 17.0 Å². The van der Waals surface area contributed by atoms with E-state index in [2.05, 4.69) is 30.1 Å². The standard InChI is InChI=1S/C27H34FN5O3Si/c1-18-14-26(32-36-18)30-27-16-24(31-33(27)17-34-12-13-37(3,4)5)21-8-11-23(29)25(15-21)35-19(2)20-6-9-22(28)10-7-20/h6-11,14-16,19H,12-13,17,29H2,1-5H3,(H,30,32). The van der Waals surface area contributed by atoms with Gasteiger partial charge in [0, 0.05) is 32.4 Å². The molecule has 1 unspecified atom stereocenters. The van der Waals surface area contributed by atoms with E-state index in [-0.39, 0.29) is 11.9 Å². The highest BCUT2D eigenvalue weighted by Crippen LogP contribution is 2.33. The largest absolute Gasteiger partial charge is 0.484 e. The Hall–Kier alpha value is -3.63. The Kier molecular flexibility index (Phi) is 7.99. The molecule has 0 fully saturated rings. The molecule has 4 aromatic rings. The molecule has 196 valence electrons. The fraction of sp³-hybridized carbons (Fsp3) is 0.333. The minimum Gasteiger partial charge on any atom is -0.484 e. The van der Waals surface area contributed by atoms with Crippen molar-refractivity contribution in [1.29, 1.82) is 0 Å². The van der Waals surface area contributed by atoms with Crippen LogP contribution < -0.4 is 15.8 Å². The van der Waals surface area contributed by atoms with E-state index in [0.717, 1.165) is 28.7 Å². The summed E-state index contributed by atoms with van der Waals surface area (Å²) < 4.78 is 32.4. The van der Waals surface area contributed by atoms with E-state index in [1.54, 1.807) is 22.9 Å². The van der Waals surface area contributed by atoms with Crippen molar-refractivity contribution < 1.29 is 18.4 Å². The van der Waals surface area contributed by atoms with Gasteiger partial charge in [0.15, 0.2) is 5.82 Å². The Bertz CT molecular complexity index is 1330. The summed E-state index contributed by atoms with van der Waals surface area (Å²) in [5.41, 5.74) is 9.11. The summed E-state index contributed by atoms with van der Waals surface area (Å²) in [4.78, 5) is 0. The second-order valence-electron chi connectivity index (χ2n) is 10.3. The van der Waals surface area contributed by atoms with Gasteiger partial charge >= 0.3 is 0 Å². The first-order valence-electron chi connectivity index (χ1n) is 12.3. The van der Waals surface area contributed by atoms with Crippen LogP contribution in [0.25, 0.3) is 11.3 Å². The highest BCUT2D eigenvalue weighted by atomic mass is 28.3. The molecule has 0 radical (unpaired) electrons. The van der Waals surface area contributed by atoms with Crippen LogP contribution in [0.3, 0.4) is 0 Å². The first-order valence-corrected chi connectivity index (χ1v) is 16.0. The lowest BCUT2D eigenvalue weighted by Crippen LogP contribution is -2.22. The molecule has 37 heavy (non-hydrogen) atoms. The first-order chi connectivity index (χ1) is 17.6. The molecular formula is C27H34FN5O3Si. The van der Waals surface area contributed by atoms with Gasteiger partial charge in [0.1, 0.15) is 36.0 Å². The Labute approximate surface area is 217 Å². The van der Waals surface area contributed by atoms with Crippen LogP contribution in [0.4, 0.5) is 21.7 Å². The van der Waals surface area contributed by atoms with Crippen LogP contribution in [0.5, 0.6) is 5.75 Å². The van der Waals surface area contributed by atoms with Crippen molar-refractivity contribution in [3.05, 3.63) is 71.7 Å². The predicted molar refractivity (Wildman–Crippen MR) is 146 cm³/mol. The number of nitrogens with one attached hydrogen (secondary N) is 1. The Morgan fingerprint density at radius 3 is 2.54 bits per heavy atom. The summed E-state index contributed by atoms with van der Waals surface area (Å²) in [7, 11) is -1.20. The van der Waals surface area contributed by atoms with Gasteiger partial charge < -0.3 is 25.0 Å². The van der Waals surface area contributed by atoms with Gasteiger partial charge in [-0.3, -0.25) is 0 Å². The lowest BCUT2D eigenvalue weighted by molar-refractivity contribution is 0.0803. The molecule has 0 spiro atoms. The van der Waals surface area contributed by atoms with Crippen LogP contribution >= 0.6 is 0 Å². The first kappa shape index (κ1) is 26.4. The molecule has 0 saturated carbocycles. The van der Waals surface area contributed by atoms with Gasteiger partial charge in [-0.15, -0.1) is 0 Å². The Morgan fingerprint density at radius 2 is 1.86 bits per heavy atom. The highest BCUT2D eigenvalue weighted by molar-refractivity contribution is 6.76. The number of hydrogen-bond donors (Lipinski definition) is 2. The highest BCUT2D eigenvalue weighted by Gasteiger charge is 2.16. The number of halogens is 1. The number of nitrogen functional groups attached to an aromatic ring is 1. The second kappa shape index (κ2) is 11.2. The molecule has 0 aliphatic heterocycles. The van der Waals surface area contributed by atoms with E-state index in [4.69, 9.17) is 24.8 Å². The summed E-state index contributed by atoms with van der Waals surface area (Å²) in [6.07, 6.45) is -0.317. The molecular weight excluding hydrogens is 489 g/mol. The van der Waals surface area contributed by atoms with Gasteiger partial charge in [-0.25, -0.2) is 9.07 Å². The van der Waals surface area contributed by atoms with Gasteiger partial charge in [0.05, 0.1) is 11.4 Å². The lowest BCUT2D eigenvalue weighted by atomic mass is 10.1. The fourth-order valence-electron chi connectivity index (χ4n) is 3.63. The molecule has 3 N–H and O–H groups in total. The average molecular weight is 524 g/mol. The van der Waals surface area contributed by atoms with Crippen LogP contribution in [0.2, 0.25) is 25.7 Å². The second-order valence-corrected chi connectivity index (χ2v) is 15.9. The summed E-state index contributed by atoms with van der Waals surface area (Å²) >= 11 is 0. The van der Waals surface area contributed by atoms with E-state index >= 15 is 0 Å². The molecule has 1 atom stereocenters. The molecule has 4 rings (SSSR count). The lowest BCUT2D eigenvalue weighted by Gasteiger charge is -2.17. The van der Waals surface area contributed by atoms with Gasteiger partial charge in [-0.1, -0.05) is 43.0 Å². The number of anilines is 3. The molecule has 0 saturated heterocycles. The molecule has 10 heteroatoms. The number of aryl methyl sites for hydroxylation is 1. The van der Waals surface area contributed by atoms with Crippen LogP contribution in [0.1, 0.15) is 24.4 Å². The number of benzene rings is 2. The van der Waals surface area contributed by atoms with Crippen molar-refractivity contribution in [3.63, 3.8) is 0 Å². The summed E-state index contributed by atoms with van der Waals surface area (Å²) in [6.45, 7) is 11.7. The van der Waals surface area contributed by atoms with Crippen LogP contribution in [-0.2, 0) is 11.5 Å². The molecule has 8 nitrogen and oxygen atoms in total. The van der Waals surface area contributed by atoms with Gasteiger partial charge in [0.2, 0.25) is 0 Å². The SMILES string of the molecule is Cc1cc(Nc2cc(-c3ccc(N)c(OC(C)c4ccc(F)cc4)c3)nn2COCC[Si](C)(C)C)no1. The smallest absolute Gasteiger partial charge is 0.175 e. The van der Waals surface area contributed by atoms with Gasteiger partial charge in [-0.05, 0) is 49.7 Å². The topological polar surface area (TPSA) is 100 Å². The monoisotopic (exact) mass is 523 g/mol. The fourth-order valence-corrected chi connectivity index (χ4v) is 4.39. The number of ether oxygens (including phenoxy) is 2. The minimum absolute atomic E-state index is 0.289. The quantitative estimate of drug-likeness (QED) is 0.127. The number of hydrogen-bond acceptors (Lipinski definition) is 7. The normalized spacial score (nSPS) is 12.5. The third-order valence-electron chi connectivity index (χ3n) is 5.83. The summed E-state index contributed by atoms with van der Waals surface area (Å²) in [6, 6.07) is 16.6. The molecule has 2 heterocycles. The van der Waals surface area contributed by atoms with E-state index < -0.39 is 8.07 Å². The van der Waals surface area contributed by atoms with Crippen molar-refractivity contribution in [2.75, 3.05) is 17.7 Å². The number of aromatic nitrogens is 3. The van der Waals surface area contributed by atoms with Crippen LogP contribution in [-0.4, -0.2) is 29.6 Å². The van der Waals surface area contributed by atoms with Crippen molar-refractivity contribution in [1.82, 2.24) is 14.9 Å². The predicted octanol–water partition coefficient (Wildman–Crippen LogP) is 6.76. The Morgan fingerprint density at radius 1 is 1.11 bits per heavy atom. The maximum atomic E-state index is 13.3. The van der Waals surface area contributed by atoms with Gasteiger partial charge in [-0.2, -0.15) is 5.10 Å². The van der Waals surface area contributed by atoms with Crippen molar-refractivity contribution >= 4 is 25.4 Å². The van der Waals surface area contributed by atoms with Crippen molar-refractivity contribution in [2.45, 2.75) is 52.4 Å². The maximum absolute atomic E-state index is 13.3. The zero-order valence-electron chi connectivity index (χ0n) is 21.9. The van der Waals surface area contributed by atoms with E-state index in [1.807, 2.05) is 38.1 Å². The van der Waals surface area contributed by atoms with Crippen LogP contribution in [0.15, 0.2) is 59.1 Å². The zero-order chi connectivity index (χ0) is 26.6. The van der Waals surface area contributed by atoms with E-state index in [9.17, 15) is 4.39 Å². The number of rotatable bonds is 11. The molecule has 0 amide bonds. The molecule has 0 aliphatic rings. The van der Waals surface area contributed by atoms with E-state index in [1.165, 1.54) is 12.1 Å². The third-order valence-corrected chi connectivity index (χ3v) is 7.53.